The highest BCUT2D eigenvalue weighted by Crippen LogP contribution is 2.22. The first-order chi connectivity index (χ1) is 9.19. The molecular formula is C15H22ClNO2. The first-order valence-corrected chi connectivity index (χ1v) is 7.33. The maximum Gasteiger partial charge on any atom is 0.0802 e. The van der Waals surface area contributed by atoms with Crippen molar-refractivity contribution in [2.45, 2.75) is 25.4 Å². The van der Waals surface area contributed by atoms with Crippen LogP contribution in [0.3, 0.4) is 0 Å². The van der Waals surface area contributed by atoms with Crippen LogP contribution in [0.1, 0.15) is 30.9 Å². The number of nitrogens with zero attached hydrogens (tertiary/aromatic N) is 1. The van der Waals surface area contributed by atoms with Gasteiger partial charge in [0, 0.05) is 18.2 Å². The summed E-state index contributed by atoms with van der Waals surface area (Å²) < 4.78 is 0. The smallest absolute Gasteiger partial charge is 0.0802 e. The van der Waals surface area contributed by atoms with Gasteiger partial charge in [0.25, 0.3) is 0 Å². The molecule has 1 unspecified atom stereocenters. The standard InChI is InChI=1S/C15H22ClNO2/c16-14-3-1-2-13(10-14)15(19)6-9-17-7-4-12(11-18)5-8-17/h1-3,10,12,15,18-19H,4-9,11H2. The van der Waals surface area contributed by atoms with Crippen LogP contribution in [-0.2, 0) is 0 Å². The van der Waals surface area contributed by atoms with Gasteiger partial charge < -0.3 is 15.1 Å². The lowest BCUT2D eigenvalue weighted by molar-refractivity contribution is 0.105. The Balaban J connectivity index is 1.76. The van der Waals surface area contributed by atoms with E-state index in [0.29, 0.717) is 17.5 Å². The van der Waals surface area contributed by atoms with Gasteiger partial charge in [0.05, 0.1) is 6.10 Å². The van der Waals surface area contributed by atoms with Crippen LogP contribution < -0.4 is 0 Å². The highest BCUT2D eigenvalue weighted by atomic mass is 35.5. The molecule has 2 rings (SSSR count). The molecule has 1 fully saturated rings. The molecule has 0 radical (unpaired) electrons. The van der Waals surface area contributed by atoms with Crippen molar-refractivity contribution < 1.29 is 10.2 Å². The summed E-state index contributed by atoms with van der Waals surface area (Å²) >= 11 is 5.92. The van der Waals surface area contributed by atoms with Crippen molar-refractivity contribution in [3.8, 4) is 0 Å². The number of hydrogen-bond acceptors (Lipinski definition) is 3. The van der Waals surface area contributed by atoms with Crippen LogP contribution in [-0.4, -0.2) is 41.4 Å². The first-order valence-electron chi connectivity index (χ1n) is 6.96. The minimum Gasteiger partial charge on any atom is -0.396 e. The van der Waals surface area contributed by atoms with Gasteiger partial charge in [0.2, 0.25) is 0 Å². The molecular weight excluding hydrogens is 262 g/mol. The van der Waals surface area contributed by atoms with Gasteiger partial charge >= 0.3 is 0 Å². The number of rotatable bonds is 5. The van der Waals surface area contributed by atoms with E-state index >= 15 is 0 Å². The number of aliphatic hydroxyl groups is 2. The summed E-state index contributed by atoms with van der Waals surface area (Å²) in [6.07, 6.45) is 2.40. The molecule has 1 saturated heterocycles. The zero-order valence-electron chi connectivity index (χ0n) is 11.1. The van der Waals surface area contributed by atoms with Crippen molar-refractivity contribution in [1.29, 1.82) is 0 Å². The van der Waals surface area contributed by atoms with Crippen LogP contribution in [0, 0.1) is 5.92 Å². The van der Waals surface area contributed by atoms with Crippen molar-refractivity contribution in [1.82, 2.24) is 4.90 Å². The summed E-state index contributed by atoms with van der Waals surface area (Å²) in [5, 5.41) is 19.9. The predicted molar refractivity (Wildman–Crippen MR) is 77.3 cm³/mol. The topological polar surface area (TPSA) is 43.7 Å². The molecule has 1 atom stereocenters. The third-order valence-electron chi connectivity index (χ3n) is 3.92. The van der Waals surface area contributed by atoms with Crippen LogP contribution >= 0.6 is 11.6 Å². The monoisotopic (exact) mass is 283 g/mol. The van der Waals surface area contributed by atoms with Crippen LogP contribution in [0.2, 0.25) is 5.02 Å². The van der Waals surface area contributed by atoms with Crippen molar-refractivity contribution in [2.75, 3.05) is 26.2 Å². The number of benzene rings is 1. The van der Waals surface area contributed by atoms with Gasteiger partial charge in [-0.25, -0.2) is 0 Å². The van der Waals surface area contributed by atoms with Gasteiger partial charge in [-0.05, 0) is 56.0 Å². The van der Waals surface area contributed by atoms with E-state index in [2.05, 4.69) is 4.90 Å². The molecule has 0 spiro atoms. The molecule has 0 aromatic heterocycles. The second-order valence-corrected chi connectivity index (χ2v) is 5.76. The Labute approximate surface area is 119 Å². The number of aliphatic hydroxyl groups excluding tert-OH is 2. The number of piperidine rings is 1. The fourth-order valence-corrected chi connectivity index (χ4v) is 2.78. The van der Waals surface area contributed by atoms with Gasteiger partial charge in [-0.1, -0.05) is 23.7 Å². The van der Waals surface area contributed by atoms with Crippen LogP contribution in [0.25, 0.3) is 0 Å². The number of halogens is 1. The summed E-state index contributed by atoms with van der Waals surface area (Å²) in [4.78, 5) is 2.36. The number of likely N-dealkylation sites (tertiary alicyclic amines) is 1. The lowest BCUT2D eigenvalue weighted by Gasteiger charge is -2.31. The quantitative estimate of drug-likeness (QED) is 0.872. The molecule has 1 aromatic carbocycles. The summed E-state index contributed by atoms with van der Waals surface area (Å²) in [6, 6.07) is 7.42. The fraction of sp³-hybridized carbons (Fsp3) is 0.600. The average molecular weight is 284 g/mol. The van der Waals surface area contributed by atoms with E-state index in [-0.39, 0.29) is 0 Å². The van der Waals surface area contributed by atoms with E-state index in [4.69, 9.17) is 16.7 Å². The molecule has 1 aliphatic heterocycles. The Morgan fingerprint density at radius 1 is 1.32 bits per heavy atom. The van der Waals surface area contributed by atoms with Gasteiger partial charge in [-0.2, -0.15) is 0 Å². The molecule has 0 bridgehead atoms. The highest BCUT2D eigenvalue weighted by Gasteiger charge is 2.19. The first kappa shape index (κ1) is 14.8. The molecule has 3 nitrogen and oxygen atoms in total. The van der Waals surface area contributed by atoms with E-state index in [9.17, 15) is 5.11 Å². The Morgan fingerprint density at radius 3 is 2.68 bits per heavy atom. The van der Waals surface area contributed by atoms with E-state index in [0.717, 1.165) is 44.5 Å². The van der Waals surface area contributed by atoms with Crippen LogP contribution in [0.4, 0.5) is 0 Å². The molecule has 2 N–H and O–H groups in total. The molecule has 19 heavy (non-hydrogen) atoms. The predicted octanol–water partition coefficient (Wildman–Crippen LogP) is 2.47. The lowest BCUT2D eigenvalue weighted by atomic mass is 9.97. The lowest BCUT2D eigenvalue weighted by Crippen LogP contribution is -2.35. The summed E-state index contributed by atoms with van der Waals surface area (Å²) in [5.74, 6) is 0.467. The molecule has 0 aliphatic carbocycles. The maximum atomic E-state index is 10.1. The normalized spacial score (nSPS) is 19.5. The zero-order valence-corrected chi connectivity index (χ0v) is 11.9. The Bertz CT molecular complexity index is 391. The Morgan fingerprint density at radius 2 is 2.05 bits per heavy atom. The van der Waals surface area contributed by atoms with Gasteiger partial charge in [0.15, 0.2) is 0 Å². The summed E-state index contributed by atoms with van der Waals surface area (Å²) in [7, 11) is 0. The van der Waals surface area contributed by atoms with Gasteiger partial charge in [0.1, 0.15) is 0 Å². The molecule has 106 valence electrons. The number of hydrogen-bond donors (Lipinski definition) is 2. The minimum absolute atomic E-state index is 0.305. The largest absolute Gasteiger partial charge is 0.396 e. The summed E-state index contributed by atoms with van der Waals surface area (Å²) in [5.41, 5.74) is 0.887. The molecule has 1 aliphatic rings. The van der Waals surface area contributed by atoms with E-state index in [1.807, 2.05) is 24.3 Å². The molecule has 1 heterocycles. The maximum absolute atomic E-state index is 10.1. The van der Waals surface area contributed by atoms with E-state index in [1.54, 1.807) is 0 Å². The van der Waals surface area contributed by atoms with Crippen molar-refractivity contribution >= 4 is 11.6 Å². The highest BCUT2D eigenvalue weighted by molar-refractivity contribution is 6.30. The van der Waals surface area contributed by atoms with Crippen molar-refractivity contribution in [3.63, 3.8) is 0 Å². The van der Waals surface area contributed by atoms with E-state index in [1.165, 1.54) is 0 Å². The van der Waals surface area contributed by atoms with Crippen molar-refractivity contribution in [3.05, 3.63) is 34.9 Å². The average Bonchev–Trinajstić information content (AvgIpc) is 2.45. The van der Waals surface area contributed by atoms with E-state index < -0.39 is 6.10 Å². The zero-order chi connectivity index (χ0) is 13.7. The molecule has 1 aromatic rings. The Kier molecular flexibility index (Phi) is 5.64. The second-order valence-electron chi connectivity index (χ2n) is 5.33. The van der Waals surface area contributed by atoms with Gasteiger partial charge in [-0.3, -0.25) is 0 Å². The van der Waals surface area contributed by atoms with Crippen molar-refractivity contribution in [2.24, 2.45) is 5.92 Å². The third kappa shape index (κ3) is 4.46. The molecule has 0 amide bonds. The SMILES string of the molecule is OCC1CCN(CCC(O)c2cccc(Cl)c2)CC1. The third-order valence-corrected chi connectivity index (χ3v) is 4.15. The Hall–Kier alpha value is -0.610. The fourth-order valence-electron chi connectivity index (χ4n) is 2.58. The van der Waals surface area contributed by atoms with Gasteiger partial charge in [-0.15, -0.1) is 0 Å². The summed E-state index contributed by atoms with van der Waals surface area (Å²) in [6.45, 7) is 3.24. The minimum atomic E-state index is -0.450. The molecule has 4 heteroatoms. The second kappa shape index (κ2) is 7.25. The van der Waals surface area contributed by atoms with Crippen LogP contribution in [0.15, 0.2) is 24.3 Å². The van der Waals surface area contributed by atoms with Crippen LogP contribution in [0.5, 0.6) is 0 Å². The molecule has 0 saturated carbocycles.